The Balaban J connectivity index is 3.01. The number of nitrogens with zero attached hydrogens (tertiary/aromatic N) is 2. The molecule has 1 aromatic rings. The van der Waals surface area contributed by atoms with E-state index in [2.05, 4.69) is 0 Å². The van der Waals surface area contributed by atoms with E-state index in [-0.39, 0.29) is 30.8 Å². The number of rotatable bonds is 6. The lowest BCUT2D eigenvalue weighted by Crippen LogP contribution is -2.38. The molecule has 1 rings (SSSR count). The average Bonchev–Trinajstić information content (AvgIpc) is 2.45. The van der Waals surface area contributed by atoms with Crippen LogP contribution in [0.1, 0.15) is 41.0 Å². The molecule has 0 unspecified atom stereocenters. The van der Waals surface area contributed by atoms with Crippen molar-refractivity contribution in [1.29, 1.82) is 0 Å². The molecular formula is C16H22N2O4. The highest BCUT2D eigenvalue weighted by atomic mass is 16.4. The molecule has 6 nitrogen and oxygen atoms in total. The zero-order chi connectivity index (χ0) is 16.9. The summed E-state index contributed by atoms with van der Waals surface area (Å²) >= 11 is 0. The quantitative estimate of drug-likeness (QED) is 0.868. The summed E-state index contributed by atoms with van der Waals surface area (Å²) in [6, 6.07) is 6.35. The van der Waals surface area contributed by atoms with Gasteiger partial charge in [-0.05, 0) is 32.0 Å². The van der Waals surface area contributed by atoms with Gasteiger partial charge >= 0.3 is 5.97 Å². The first kappa shape index (κ1) is 17.7. The Morgan fingerprint density at radius 3 is 2.09 bits per heavy atom. The lowest BCUT2D eigenvalue weighted by atomic mass is 10.1. The van der Waals surface area contributed by atoms with Crippen molar-refractivity contribution >= 4 is 17.8 Å². The van der Waals surface area contributed by atoms with Crippen molar-refractivity contribution in [2.24, 2.45) is 0 Å². The van der Waals surface area contributed by atoms with E-state index in [1.165, 1.54) is 9.80 Å². The van der Waals surface area contributed by atoms with Crippen molar-refractivity contribution in [2.45, 2.75) is 26.3 Å². The van der Waals surface area contributed by atoms with Crippen LogP contribution in [0.3, 0.4) is 0 Å². The molecule has 22 heavy (non-hydrogen) atoms. The van der Waals surface area contributed by atoms with E-state index in [0.29, 0.717) is 11.1 Å². The maximum Gasteiger partial charge on any atom is 0.305 e. The molecule has 0 atom stereocenters. The minimum absolute atomic E-state index is 0.111. The predicted molar refractivity (Wildman–Crippen MR) is 82.9 cm³/mol. The van der Waals surface area contributed by atoms with E-state index < -0.39 is 5.97 Å². The SMILES string of the molecule is CC(C)N(CCC(=O)O)C(=O)c1cccc(C(=O)N(C)C)c1. The molecule has 0 aliphatic heterocycles. The fraction of sp³-hybridized carbons (Fsp3) is 0.438. The molecule has 0 aromatic heterocycles. The van der Waals surface area contributed by atoms with Gasteiger partial charge in [-0.25, -0.2) is 0 Å². The van der Waals surface area contributed by atoms with Crippen LogP contribution >= 0.6 is 0 Å². The van der Waals surface area contributed by atoms with E-state index in [1.54, 1.807) is 38.4 Å². The number of carboxylic acids is 1. The molecule has 0 saturated carbocycles. The summed E-state index contributed by atoms with van der Waals surface area (Å²) in [5.74, 6) is -1.41. The molecule has 0 spiro atoms. The first-order valence-electron chi connectivity index (χ1n) is 7.08. The summed E-state index contributed by atoms with van der Waals surface area (Å²) < 4.78 is 0. The molecule has 6 heteroatoms. The van der Waals surface area contributed by atoms with Crippen LogP contribution in [0, 0.1) is 0 Å². The highest BCUT2D eigenvalue weighted by Crippen LogP contribution is 2.12. The molecule has 1 N–H and O–H groups in total. The van der Waals surface area contributed by atoms with Crippen molar-refractivity contribution in [1.82, 2.24) is 9.80 Å². The predicted octanol–water partition coefficient (Wildman–Crippen LogP) is 1.71. The van der Waals surface area contributed by atoms with Crippen molar-refractivity contribution in [3.63, 3.8) is 0 Å². The Hall–Kier alpha value is -2.37. The first-order valence-corrected chi connectivity index (χ1v) is 7.08. The molecule has 120 valence electrons. The van der Waals surface area contributed by atoms with Gasteiger partial charge in [0.15, 0.2) is 0 Å². The largest absolute Gasteiger partial charge is 0.481 e. The van der Waals surface area contributed by atoms with E-state index >= 15 is 0 Å². The summed E-state index contributed by atoms with van der Waals surface area (Å²) in [5.41, 5.74) is 0.810. The van der Waals surface area contributed by atoms with Crippen LogP contribution in [-0.2, 0) is 4.79 Å². The van der Waals surface area contributed by atoms with Gasteiger partial charge in [0.2, 0.25) is 0 Å². The zero-order valence-electron chi connectivity index (χ0n) is 13.4. The average molecular weight is 306 g/mol. The van der Waals surface area contributed by atoms with Gasteiger partial charge < -0.3 is 14.9 Å². The van der Waals surface area contributed by atoms with Crippen LogP contribution in [0.5, 0.6) is 0 Å². The number of hydrogen-bond donors (Lipinski definition) is 1. The third-order valence-electron chi connectivity index (χ3n) is 3.21. The number of carbonyl (C=O) groups is 3. The van der Waals surface area contributed by atoms with Crippen molar-refractivity contribution < 1.29 is 19.5 Å². The van der Waals surface area contributed by atoms with Gasteiger partial charge in [0.25, 0.3) is 11.8 Å². The number of carboxylic acid groups (broad SMARTS) is 1. The van der Waals surface area contributed by atoms with Gasteiger partial charge in [0.05, 0.1) is 6.42 Å². The monoisotopic (exact) mass is 306 g/mol. The number of amides is 2. The summed E-state index contributed by atoms with van der Waals surface area (Å²) in [6.45, 7) is 3.79. The summed E-state index contributed by atoms with van der Waals surface area (Å²) in [4.78, 5) is 38.2. The summed E-state index contributed by atoms with van der Waals surface area (Å²) in [7, 11) is 3.29. The van der Waals surface area contributed by atoms with Crippen LogP contribution in [0.25, 0.3) is 0 Å². The maximum absolute atomic E-state index is 12.6. The van der Waals surface area contributed by atoms with Crippen LogP contribution < -0.4 is 0 Å². The lowest BCUT2D eigenvalue weighted by molar-refractivity contribution is -0.137. The van der Waals surface area contributed by atoms with Gasteiger partial charge in [0.1, 0.15) is 0 Å². The number of hydrogen-bond acceptors (Lipinski definition) is 3. The molecule has 1 aromatic carbocycles. The van der Waals surface area contributed by atoms with Crippen molar-refractivity contribution in [3.05, 3.63) is 35.4 Å². The fourth-order valence-corrected chi connectivity index (χ4v) is 2.02. The highest BCUT2D eigenvalue weighted by molar-refractivity contribution is 5.99. The van der Waals surface area contributed by atoms with Gasteiger partial charge in [-0.3, -0.25) is 14.4 Å². The fourth-order valence-electron chi connectivity index (χ4n) is 2.02. The topological polar surface area (TPSA) is 77.9 Å². The third-order valence-corrected chi connectivity index (χ3v) is 3.21. The Bertz CT molecular complexity index is 567. The highest BCUT2D eigenvalue weighted by Gasteiger charge is 2.20. The molecule has 0 saturated heterocycles. The molecule has 0 radical (unpaired) electrons. The van der Waals surface area contributed by atoms with Gasteiger partial charge in [-0.2, -0.15) is 0 Å². The smallest absolute Gasteiger partial charge is 0.305 e. The van der Waals surface area contributed by atoms with Crippen LogP contribution in [0.4, 0.5) is 0 Å². The van der Waals surface area contributed by atoms with E-state index in [4.69, 9.17) is 5.11 Å². The third kappa shape index (κ3) is 4.58. The summed E-state index contributed by atoms with van der Waals surface area (Å²) in [5, 5.41) is 8.79. The lowest BCUT2D eigenvalue weighted by Gasteiger charge is -2.26. The van der Waals surface area contributed by atoms with Gasteiger partial charge in [0, 0.05) is 37.8 Å². The second kappa shape index (κ2) is 7.59. The van der Waals surface area contributed by atoms with Crippen LogP contribution in [0.2, 0.25) is 0 Å². The Morgan fingerprint density at radius 2 is 1.64 bits per heavy atom. The molecule has 0 bridgehead atoms. The minimum atomic E-state index is -0.949. The van der Waals surface area contributed by atoms with E-state index in [9.17, 15) is 14.4 Å². The number of carbonyl (C=O) groups excluding carboxylic acids is 2. The molecular weight excluding hydrogens is 284 g/mol. The minimum Gasteiger partial charge on any atom is -0.481 e. The second-order valence-electron chi connectivity index (χ2n) is 5.52. The molecule has 0 aliphatic rings. The van der Waals surface area contributed by atoms with E-state index in [0.717, 1.165) is 0 Å². The van der Waals surface area contributed by atoms with E-state index in [1.807, 2.05) is 13.8 Å². The second-order valence-corrected chi connectivity index (χ2v) is 5.52. The first-order chi connectivity index (χ1) is 10.2. The zero-order valence-corrected chi connectivity index (χ0v) is 13.4. The van der Waals surface area contributed by atoms with Crippen LogP contribution in [0.15, 0.2) is 24.3 Å². The molecule has 2 amide bonds. The van der Waals surface area contributed by atoms with Crippen molar-refractivity contribution in [2.75, 3.05) is 20.6 Å². The summed E-state index contributed by atoms with van der Waals surface area (Å²) in [6.07, 6.45) is -0.111. The Labute approximate surface area is 130 Å². The number of benzene rings is 1. The molecule has 0 fully saturated rings. The Kier molecular flexibility index (Phi) is 6.10. The van der Waals surface area contributed by atoms with Crippen molar-refractivity contribution in [3.8, 4) is 0 Å². The van der Waals surface area contributed by atoms with Gasteiger partial charge in [-0.15, -0.1) is 0 Å². The molecule has 0 aliphatic carbocycles. The standard InChI is InChI=1S/C16H22N2O4/c1-11(2)18(9-8-14(19)20)16(22)13-7-5-6-12(10-13)15(21)17(3)4/h5-7,10-11H,8-9H2,1-4H3,(H,19,20). The molecule has 0 heterocycles. The Morgan fingerprint density at radius 1 is 1.09 bits per heavy atom. The number of aliphatic carboxylic acids is 1. The maximum atomic E-state index is 12.6. The van der Waals surface area contributed by atoms with Crippen LogP contribution in [-0.4, -0.2) is 59.4 Å². The van der Waals surface area contributed by atoms with Gasteiger partial charge in [-0.1, -0.05) is 6.07 Å². The normalized spacial score (nSPS) is 10.4.